The zero-order valence-electron chi connectivity index (χ0n) is 15.9. The Balaban J connectivity index is 1.87. The quantitative estimate of drug-likeness (QED) is 0.447. The van der Waals surface area contributed by atoms with Gasteiger partial charge in [-0.2, -0.15) is 0 Å². The summed E-state index contributed by atoms with van der Waals surface area (Å²) in [5.74, 6) is 2.36. The second-order valence-electron chi connectivity index (χ2n) is 8.15. The lowest BCUT2D eigenvalue weighted by Gasteiger charge is -2.32. The largest absolute Gasteiger partial charge is 0.423 e. The van der Waals surface area contributed by atoms with Crippen LogP contribution in [0.2, 0.25) is 0 Å². The molecule has 0 unspecified atom stereocenters. The van der Waals surface area contributed by atoms with Crippen molar-refractivity contribution in [3.8, 4) is 5.75 Å². The van der Waals surface area contributed by atoms with Crippen LogP contribution in [0.3, 0.4) is 0 Å². The number of carbonyl (C=O) groups is 1. The van der Waals surface area contributed by atoms with Gasteiger partial charge in [0.2, 0.25) is 0 Å². The summed E-state index contributed by atoms with van der Waals surface area (Å²) in [5, 5.41) is 0. The molecular formula is C23H24O3. The van der Waals surface area contributed by atoms with Crippen molar-refractivity contribution in [1.29, 1.82) is 0 Å². The van der Waals surface area contributed by atoms with Crippen molar-refractivity contribution in [1.82, 2.24) is 0 Å². The van der Waals surface area contributed by atoms with Crippen LogP contribution < -0.4 is 4.74 Å². The highest BCUT2D eigenvalue weighted by Gasteiger charge is 2.48. The van der Waals surface area contributed by atoms with Gasteiger partial charge < -0.3 is 4.74 Å². The summed E-state index contributed by atoms with van der Waals surface area (Å²) in [7, 11) is 0. The van der Waals surface area contributed by atoms with Gasteiger partial charge in [-0.05, 0) is 57.7 Å². The predicted molar refractivity (Wildman–Crippen MR) is 103 cm³/mol. The van der Waals surface area contributed by atoms with E-state index in [0.29, 0.717) is 22.8 Å². The van der Waals surface area contributed by atoms with Crippen molar-refractivity contribution >= 4 is 18.0 Å². The third-order valence-electron chi connectivity index (χ3n) is 6.13. The van der Waals surface area contributed by atoms with E-state index in [9.17, 15) is 9.59 Å². The fourth-order valence-electron chi connectivity index (χ4n) is 4.00. The van der Waals surface area contributed by atoms with Gasteiger partial charge >= 0.3 is 5.97 Å². The maximum atomic E-state index is 12.4. The van der Waals surface area contributed by atoms with Gasteiger partial charge in [0.05, 0.1) is 5.56 Å². The Hall–Kier alpha value is -2.64. The summed E-state index contributed by atoms with van der Waals surface area (Å²) in [6.07, 6.45) is 1.32. The van der Waals surface area contributed by atoms with Gasteiger partial charge in [0.25, 0.3) is 0 Å². The molecule has 0 heterocycles. The van der Waals surface area contributed by atoms with Crippen LogP contribution in [-0.4, -0.2) is 11.9 Å². The molecule has 0 spiro atoms. The fourth-order valence-corrected chi connectivity index (χ4v) is 4.00. The van der Waals surface area contributed by atoms with E-state index in [1.807, 2.05) is 12.1 Å². The molecule has 26 heavy (non-hydrogen) atoms. The van der Waals surface area contributed by atoms with Crippen molar-refractivity contribution in [2.45, 2.75) is 45.4 Å². The third-order valence-corrected chi connectivity index (χ3v) is 6.13. The highest BCUT2D eigenvalue weighted by atomic mass is 16.5. The van der Waals surface area contributed by atoms with E-state index in [4.69, 9.17) is 4.74 Å². The third kappa shape index (κ3) is 2.89. The van der Waals surface area contributed by atoms with Crippen LogP contribution in [0.5, 0.6) is 5.75 Å². The van der Waals surface area contributed by atoms with Crippen molar-refractivity contribution in [3.05, 3.63) is 64.7 Å². The molecule has 0 aromatic heterocycles. The van der Waals surface area contributed by atoms with Gasteiger partial charge in [0.1, 0.15) is 11.7 Å². The number of hydrogen-bond donors (Lipinski definition) is 0. The maximum absolute atomic E-state index is 12.4. The van der Waals surface area contributed by atoms with E-state index in [1.54, 1.807) is 30.2 Å². The van der Waals surface area contributed by atoms with Crippen molar-refractivity contribution in [2.75, 3.05) is 0 Å². The molecule has 0 N–H and O–H groups in total. The van der Waals surface area contributed by atoms with Gasteiger partial charge in [-0.15, -0.1) is 0 Å². The Morgan fingerprint density at radius 1 is 1.00 bits per heavy atom. The molecule has 3 rings (SSSR count). The summed E-state index contributed by atoms with van der Waals surface area (Å²) in [4.78, 5) is 22.8. The first-order chi connectivity index (χ1) is 12.2. The normalized spacial score (nSPS) is 19.3. The van der Waals surface area contributed by atoms with Crippen LogP contribution in [-0.2, 0) is 15.6 Å². The van der Waals surface area contributed by atoms with Crippen molar-refractivity contribution in [3.63, 3.8) is 0 Å². The number of hydrogen-bond acceptors (Lipinski definition) is 3. The van der Waals surface area contributed by atoms with Crippen molar-refractivity contribution < 1.29 is 14.3 Å². The SMILES string of the molecule is C[C@H]1C(C)(C)c2ccc(OC(=O)c3ccc(C=C=O)cc3)cc2C1(C)C. The van der Waals surface area contributed by atoms with Gasteiger partial charge in [-0.3, -0.25) is 0 Å². The lowest BCUT2D eigenvalue weighted by atomic mass is 9.71. The lowest BCUT2D eigenvalue weighted by molar-refractivity contribution is 0.0734. The zero-order chi connectivity index (χ0) is 19.1. The minimum absolute atomic E-state index is 0.0179. The molecule has 1 aliphatic carbocycles. The monoisotopic (exact) mass is 348 g/mol. The Bertz CT molecular complexity index is 898. The maximum Gasteiger partial charge on any atom is 0.343 e. The molecule has 0 radical (unpaired) electrons. The second-order valence-corrected chi connectivity index (χ2v) is 8.15. The van der Waals surface area contributed by atoms with E-state index in [1.165, 1.54) is 17.2 Å². The summed E-state index contributed by atoms with van der Waals surface area (Å²) in [5.41, 5.74) is 3.81. The average molecular weight is 348 g/mol. The molecule has 2 aromatic carbocycles. The summed E-state index contributed by atoms with van der Waals surface area (Å²) in [6.45, 7) is 11.3. The first-order valence-corrected chi connectivity index (χ1v) is 8.86. The summed E-state index contributed by atoms with van der Waals surface area (Å²) < 4.78 is 5.60. The molecule has 3 nitrogen and oxygen atoms in total. The van der Waals surface area contributed by atoms with Gasteiger partial charge in [-0.25, -0.2) is 9.59 Å². The Kier molecular flexibility index (Phi) is 4.37. The Labute approximate surface area is 154 Å². The number of fused-ring (bicyclic) bond motifs is 1. The molecule has 0 saturated heterocycles. The van der Waals surface area contributed by atoms with Crippen LogP contribution >= 0.6 is 0 Å². The topological polar surface area (TPSA) is 43.4 Å². The molecule has 0 fully saturated rings. The summed E-state index contributed by atoms with van der Waals surface area (Å²) >= 11 is 0. The summed E-state index contributed by atoms with van der Waals surface area (Å²) in [6, 6.07) is 12.6. The van der Waals surface area contributed by atoms with E-state index in [0.717, 1.165) is 0 Å². The molecule has 0 amide bonds. The van der Waals surface area contributed by atoms with Crippen LogP contribution in [0.1, 0.15) is 61.7 Å². The second kappa shape index (κ2) is 6.26. The molecular weight excluding hydrogens is 324 g/mol. The van der Waals surface area contributed by atoms with E-state index in [2.05, 4.69) is 40.7 Å². The van der Waals surface area contributed by atoms with Gasteiger partial charge in [0.15, 0.2) is 0 Å². The smallest absolute Gasteiger partial charge is 0.343 e. The minimum Gasteiger partial charge on any atom is -0.423 e. The Morgan fingerprint density at radius 2 is 1.62 bits per heavy atom. The molecule has 134 valence electrons. The highest BCUT2D eigenvalue weighted by Crippen LogP contribution is 2.54. The zero-order valence-corrected chi connectivity index (χ0v) is 15.9. The first-order valence-electron chi connectivity index (χ1n) is 8.86. The number of ether oxygens (including phenoxy) is 1. The number of esters is 1. The van der Waals surface area contributed by atoms with Crippen LogP contribution in [0, 0.1) is 5.92 Å². The molecule has 0 bridgehead atoms. The minimum atomic E-state index is -0.408. The molecule has 0 saturated carbocycles. The lowest BCUT2D eigenvalue weighted by Crippen LogP contribution is -2.30. The highest BCUT2D eigenvalue weighted by molar-refractivity contribution is 5.91. The first kappa shape index (κ1) is 18.2. The standard InChI is InChI=1S/C23H24O3/c1-15-22(2,3)19-11-10-18(14-20(19)23(15,4)5)26-21(25)17-8-6-16(7-9-17)12-13-24/h6-12,14-15H,1-5H3/t15-/m0/s1. The molecule has 2 aromatic rings. The van der Waals surface area contributed by atoms with Crippen LogP contribution in [0.25, 0.3) is 6.08 Å². The number of rotatable bonds is 3. The van der Waals surface area contributed by atoms with Gasteiger partial charge in [-0.1, -0.05) is 52.8 Å². The van der Waals surface area contributed by atoms with Crippen molar-refractivity contribution in [2.24, 2.45) is 5.92 Å². The van der Waals surface area contributed by atoms with Crippen LogP contribution in [0.15, 0.2) is 42.5 Å². The number of benzene rings is 2. The van der Waals surface area contributed by atoms with E-state index in [-0.39, 0.29) is 10.8 Å². The van der Waals surface area contributed by atoms with Gasteiger partial charge in [0, 0.05) is 6.08 Å². The molecule has 3 heteroatoms. The molecule has 0 aliphatic heterocycles. The average Bonchev–Trinajstić information content (AvgIpc) is 2.74. The van der Waals surface area contributed by atoms with E-state index < -0.39 is 5.97 Å². The van der Waals surface area contributed by atoms with Crippen LogP contribution in [0.4, 0.5) is 0 Å². The molecule has 1 aliphatic rings. The van der Waals surface area contributed by atoms with E-state index >= 15 is 0 Å². The fraction of sp³-hybridized carbons (Fsp3) is 0.348. The number of carbonyl (C=O) groups excluding carboxylic acids is 2. The molecule has 1 atom stereocenters. The Morgan fingerprint density at radius 3 is 2.23 bits per heavy atom. The predicted octanol–water partition coefficient (Wildman–Crippen LogP) is 4.96.